The number of nitrogens with one attached hydrogen (secondary N) is 1. The second-order valence-corrected chi connectivity index (χ2v) is 5.10. The third-order valence-corrected chi connectivity index (χ3v) is 3.78. The van der Waals surface area contributed by atoms with E-state index in [1.165, 1.54) is 0 Å². The molecule has 2 aliphatic rings. The Labute approximate surface area is 79.7 Å². The van der Waals surface area contributed by atoms with Crippen molar-refractivity contribution in [1.82, 2.24) is 5.32 Å². The van der Waals surface area contributed by atoms with Crippen molar-refractivity contribution in [2.24, 2.45) is 11.1 Å². The van der Waals surface area contributed by atoms with Crippen LogP contribution in [0.4, 0.5) is 0 Å². The molecule has 76 valence electrons. The summed E-state index contributed by atoms with van der Waals surface area (Å²) in [7, 11) is 0. The van der Waals surface area contributed by atoms with E-state index in [9.17, 15) is 5.11 Å². The Morgan fingerprint density at radius 1 is 1.38 bits per heavy atom. The highest BCUT2D eigenvalue weighted by Gasteiger charge is 2.50. The van der Waals surface area contributed by atoms with Crippen LogP contribution in [0.15, 0.2) is 0 Å². The maximum atomic E-state index is 9.98. The zero-order chi connectivity index (χ0) is 9.53. The molecule has 1 heterocycles. The van der Waals surface area contributed by atoms with Gasteiger partial charge >= 0.3 is 0 Å². The Bertz CT molecular complexity index is 197. The van der Waals surface area contributed by atoms with Crippen LogP contribution in [0.1, 0.15) is 32.6 Å². The topological polar surface area (TPSA) is 58.3 Å². The maximum absolute atomic E-state index is 9.98. The third kappa shape index (κ3) is 1.60. The lowest BCUT2D eigenvalue weighted by Crippen LogP contribution is -2.45. The van der Waals surface area contributed by atoms with Gasteiger partial charge in [0.1, 0.15) is 0 Å². The molecule has 13 heavy (non-hydrogen) atoms. The third-order valence-electron chi connectivity index (χ3n) is 3.78. The van der Waals surface area contributed by atoms with E-state index in [-0.39, 0.29) is 11.5 Å². The number of hydrogen-bond donors (Lipinski definition) is 3. The van der Waals surface area contributed by atoms with E-state index in [2.05, 4.69) is 5.32 Å². The Balaban J connectivity index is 2.13. The van der Waals surface area contributed by atoms with Crippen LogP contribution in [-0.2, 0) is 0 Å². The molecule has 1 aliphatic heterocycles. The molecule has 0 amide bonds. The van der Waals surface area contributed by atoms with Crippen molar-refractivity contribution in [3.8, 4) is 0 Å². The first-order valence-electron chi connectivity index (χ1n) is 5.23. The quantitative estimate of drug-likeness (QED) is 0.505. The normalized spacial score (nSPS) is 44.1. The number of nitrogens with two attached hydrogens (primary N) is 1. The summed E-state index contributed by atoms with van der Waals surface area (Å²) in [6.45, 7) is 4.04. The Kier molecular flexibility index (Phi) is 2.13. The molecule has 2 rings (SSSR count). The number of rotatable bonds is 0. The van der Waals surface area contributed by atoms with E-state index in [4.69, 9.17) is 5.73 Å². The van der Waals surface area contributed by atoms with Gasteiger partial charge in [-0.25, -0.2) is 0 Å². The molecule has 0 aromatic carbocycles. The summed E-state index contributed by atoms with van der Waals surface area (Å²) < 4.78 is 0. The molecular formula is C10H20N2O. The number of aliphatic hydroxyl groups is 1. The lowest BCUT2D eigenvalue weighted by atomic mass is 9.74. The Hall–Kier alpha value is -0.120. The summed E-state index contributed by atoms with van der Waals surface area (Å²) in [5.41, 5.74) is 5.85. The highest BCUT2D eigenvalue weighted by Crippen LogP contribution is 2.48. The van der Waals surface area contributed by atoms with E-state index in [0.717, 1.165) is 38.8 Å². The Morgan fingerprint density at radius 2 is 2.00 bits per heavy atom. The molecule has 2 atom stereocenters. The van der Waals surface area contributed by atoms with Crippen LogP contribution >= 0.6 is 0 Å². The maximum Gasteiger partial charge on any atom is 0.0640 e. The van der Waals surface area contributed by atoms with Crippen molar-refractivity contribution >= 4 is 0 Å². The predicted octanol–water partition coefficient (Wildman–Crippen LogP) is 0.228. The highest BCUT2D eigenvalue weighted by atomic mass is 16.3. The van der Waals surface area contributed by atoms with Gasteiger partial charge in [-0.15, -0.1) is 0 Å². The van der Waals surface area contributed by atoms with E-state index < -0.39 is 5.60 Å². The van der Waals surface area contributed by atoms with E-state index in [1.54, 1.807) is 0 Å². The largest absolute Gasteiger partial charge is 0.390 e. The zero-order valence-corrected chi connectivity index (χ0v) is 8.34. The minimum atomic E-state index is -0.517. The summed E-state index contributed by atoms with van der Waals surface area (Å²) in [6, 6.07) is 0.199. The van der Waals surface area contributed by atoms with Crippen LogP contribution in [0.2, 0.25) is 0 Å². The molecule has 3 nitrogen and oxygen atoms in total. The van der Waals surface area contributed by atoms with Crippen LogP contribution in [-0.4, -0.2) is 29.8 Å². The predicted molar refractivity (Wildman–Crippen MR) is 52.4 cm³/mol. The molecule has 0 aromatic rings. The molecule has 1 saturated heterocycles. The van der Waals surface area contributed by atoms with Gasteiger partial charge in [0.2, 0.25) is 0 Å². The van der Waals surface area contributed by atoms with Crippen molar-refractivity contribution in [2.45, 2.75) is 44.2 Å². The molecular weight excluding hydrogens is 164 g/mol. The van der Waals surface area contributed by atoms with Gasteiger partial charge in [-0.3, -0.25) is 0 Å². The first-order valence-corrected chi connectivity index (χ1v) is 5.23. The van der Waals surface area contributed by atoms with Gasteiger partial charge in [0, 0.05) is 6.04 Å². The lowest BCUT2D eigenvalue weighted by Gasteiger charge is -2.37. The van der Waals surface area contributed by atoms with Gasteiger partial charge in [0.15, 0.2) is 0 Å². The van der Waals surface area contributed by atoms with Crippen molar-refractivity contribution in [2.75, 3.05) is 13.1 Å². The fourth-order valence-electron chi connectivity index (χ4n) is 3.12. The van der Waals surface area contributed by atoms with Crippen molar-refractivity contribution < 1.29 is 5.11 Å². The number of hydrogen-bond acceptors (Lipinski definition) is 3. The molecule has 2 fully saturated rings. The summed E-state index contributed by atoms with van der Waals surface area (Å²) in [6.07, 6.45) is 3.92. The van der Waals surface area contributed by atoms with Crippen molar-refractivity contribution in [1.29, 1.82) is 0 Å². The lowest BCUT2D eigenvalue weighted by molar-refractivity contribution is 0.0467. The standard InChI is InChI=1S/C10H20N2O/c1-9(13)6-8(11)10(7-9)2-4-12-5-3-10/h8,12-13H,2-7,11H2,1H3/t8-,9?/m1/s1. The molecule has 4 N–H and O–H groups in total. The average Bonchev–Trinajstić information content (AvgIpc) is 2.23. The average molecular weight is 184 g/mol. The van der Waals surface area contributed by atoms with Crippen LogP contribution in [0.3, 0.4) is 0 Å². The summed E-state index contributed by atoms with van der Waals surface area (Å²) in [5.74, 6) is 0. The molecule has 1 aliphatic carbocycles. The number of piperidine rings is 1. The molecule has 1 spiro atoms. The van der Waals surface area contributed by atoms with E-state index in [1.807, 2.05) is 6.92 Å². The first-order chi connectivity index (χ1) is 6.04. The summed E-state index contributed by atoms with van der Waals surface area (Å²) in [4.78, 5) is 0. The van der Waals surface area contributed by atoms with Crippen molar-refractivity contribution in [3.63, 3.8) is 0 Å². The van der Waals surface area contributed by atoms with E-state index in [0.29, 0.717) is 0 Å². The smallest absolute Gasteiger partial charge is 0.0640 e. The van der Waals surface area contributed by atoms with Gasteiger partial charge in [-0.1, -0.05) is 0 Å². The monoisotopic (exact) mass is 184 g/mol. The highest BCUT2D eigenvalue weighted by molar-refractivity contribution is 5.05. The summed E-state index contributed by atoms with van der Waals surface area (Å²) >= 11 is 0. The van der Waals surface area contributed by atoms with Crippen LogP contribution in [0, 0.1) is 5.41 Å². The van der Waals surface area contributed by atoms with Crippen LogP contribution in [0.25, 0.3) is 0 Å². The first kappa shape index (κ1) is 9.44. The molecule has 0 bridgehead atoms. The van der Waals surface area contributed by atoms with Gasteiger partial charge in [-0.2, -0.15) is 0 Å². The molecule has 3 heteroatoms. The SMILES string of the molecule is CC1(O)C[C@@H](N)C2(CCNCC2)C1. The van der Waals surface area contributed by atoms with E-state index >= 15 is 0 Å². The fourth-order valence-corrected chi connectivity index (χ4v) is 3.12. The minimum absolute atomic E-state index is 0.199. The van der Waals surface area contributed by atoms with Crippen LogP contribution in [0.5, 0.6) is 0 Å². The molecule has 1 saturated carbocycles. The van der Waals surface area contributed by atoms with Gasteiger partial charge in [-0.05, 0) is 51.1 Å². The van der Waals surface area contributed by atoms with Crippen LogP contribution < -0.4 is 11.1 Å². The molecule has 0 aromatic heterocycles. The minimum Gasteiger partial charge on any atom is -0.390 e. The van der Waals surface area contributed by atoms with Gasteiger partial charge in [0.05, 0.1) is 5.60 Å². The molecule has 1 unspecified atom stereocenters. The summed E-state index contributed by atoms with van der Waals surface area (Å²) in [5, 5.41) is 13.3. The fraction of sp³-hybridized carbons (Fsp3) is 1.00. The zero-order valence-electron chi connectivity index (χ0n) is 8.34. The van der Waals surface area contributed by atoms with Crippen molar-refractivity contribution in [3.05, 3.63) is 0 Å². The van der Waals surface area contributed by atoms with Gasteiger partial charge < -0.3 is 16.2 Å². The Morgan fingerprint density at radius 3 is 2.46 bits per heavy atom. The molecule has 0 radical (unpaired) electrons. The van der Waals surface area contributed by atoms with Gasteiger partial charge in [0.25, 0.3) is 0 Å². The second-order valence-electron chi connectivity index (χ2n) is 5.10. The second kappa shape index (κ2) is 2.94.